The number of ether oxygens (including phenoxy) is 1. The van der Waals surface area contributed by atoms with Crippen LogP contribution in [0.5, 0.6) is 0 Å². The van der Waals surface area contributed by atoms with Crippen molar-refractivity contribution in [2.24, 2.45) is 5.10 Å². The van der Waals surface area contributed by atoms with Crippen molar-refractivity contribution in [3.8, 4) is 11.4 Å². The second-order valence-corrected chi connectivity index (χ2v) is 4.82. The number of amides is 1. The Bertz CT molecular complexity index is 885. The molecule has 0 saturated carbocycles. The molecule has 3 heterocycles. The van der Waals surface area contributed by atoms with Crippen LogP contribution in [-0.2, 0) is 9.53 Å². The van der Waals surface area contributed by atoms with Crippen molar-refractivity contribution in [2.75, 3.05) is 6.61 Å². The largest absolute Gasteiger partial charge is 0.466 e. The number of rotatable bonds is 2. The fraction of sp³-hybridized carbons (Fsp3) is 0.0667. The fourth-order valence-corrected chi connectivity index (χ4v) is 2.30. The van der Waals surface area contributed by atoms with Gasteiger partial charge in [-0.25, -0.2) is 5.43 Å². The second kappa shape index (κ2) is 4.96. The minimum Gasteiger partial charge on any atom is -0.466 e. The molecule has 1 amide bonds. The Morgan fingerprint density at radius 3 is 2.91 bits per heavy atom. The van der Waals surface area contributed by atoms with E-state index < -0.39 is 0 Å². The molecule has 0 spiro atoms. The van der Waals surface area contributed by atoms with E-state index in [2.05, 4.69) is 25.5 Å². The lowest BCUT2D eigenvalue weighted by Crippen LogP contribution is -2.32. The number of nitrogens with zero attached hydrogens (tertiary/aromatic N) is 3. The van der Waals surface area contributed by atoms with Gasteiger partial charge in [-0.2, -0.15) is 0 Å². The summed E-state index contributed by atoms with van der Waals surface area (Å²) in [7, 11) is 0. The van der Waals surface area contributed by atoms with Crippen molar-refractivity contribution in [1.82, 2.24) is 20.4 Å². The lowest BCUT2D eigenvalue weighted by atomic mass is 10.1. The van der Waals surface area contributed by atoms with E-state index in [-0.39, 0.29) is 12.5 Å². The highest BCUT2D eigenvalue weighted by Gasteiger charge is 2.15. The summed E-state index contributed by atoms with van der Waals surface area (Å²) < 4.78 is 5.32. The van der Waals surface area contributed by atoms with E-state index in [1.165, 1.54) is 0 Å². The minimum atomic E-state index is -0.253. The van der Waals surface area contributed by atoms with Gasteiger partial charge in [-0.05, 0) is 24.3 Å². The molecule has 1 aromatic carbocycles. The number of nitrogens with one attached hydrogen (secondary N) is 2. The summed E-state index contributed by atoms with van der Waals surface area (Å²) in [4.78, 5) is 22.7. The summed E-state index contributed by atoms with van der Waals surface area (Å²) in [5.74, 6) is 0.153. The Morgan fingerprint density at radius 1 is 1.18 bits per heavy atom. The van der Waals surface area contributed by atoms with Crippen LogP contribution in [0.15, 0.2) is 48.0 Å². The molecule has 108 valence electrons. The predicted octanol–water partition coefficient (Wildman–Crippen LogP) is 1.43. The van der Waals surface area contributed by atoms with Gasteiger partial charge in [0, 0.05) is 28.9 Å². The third kappa shape index (κ3) is 2.18. The molecule has 2 N–H and O–H groups in total. The van der Waals surface area contributed by atoms with Crippen LogP contribution in [0.25, 0.3) is 22.3 Å². The molecule has 0 fully saturated rings. The van der Waals surface area contributed by atoms with Crippen LogP contribution in [0.4, 0.5) is 0 Å². The molecule has 0 bridgehead atoms. The zero-order chi connectivity index (χ0) is 14.9. The normalized spacial score (nSPS) is 14.4. The zero-order valence-electron chi connectivity index (χ0n) is 11.4. The highest BCUT2D eigenvalue weighted by molar-refractivity contribution is 6.01. The van der Waals surface area contributed by atoms with Crippen LogP contribution in [0.1, 0.15) is 5.56 Å². The smallest absolute Gasteiger partial charge is 0.278 e. The Kier molecular flexibility index (Phi) is 2.82. The highest BCUT2D eigenvalue weighted by Crippen LogP contribution is 2.23. The van der Waals surface area contributed by atoms with E-state index in [0.717, 1.165) is 27.9 Å². The Labute approximate surface area is 125 Å². The lowest BCUT2D eigenvalue weighted by Gasteiger charge is -2.13. The minimum absolute atomic E-state index is 0.0190. The van der Waals surface area contributed by atoms with Crippen LogP contribution < -0.4 is 5.43 Å². The zero-order valence-corrected chi connectivity index (χ0v) is 11.4. The van der Waals surface area contributed by atoms with Crippen molar-refractivity contribution in [2.45, 2.75) is 0 Å². The first-order valence-corrected chi connectivity index (χ1v) is 6.68. The van der Waals surface area contributed by atoms with Crippen molar-refractivity contribution < 1.29 is 9.53 Å². The van der Waals surface area contributed by atoms with Crippen LogP contribution in [0.2, 0.25) is 0 Å². The van der Waals surface area contributed by atoms with E-state index in [1.807, 2.05) is 24.3 Å². The number of hydrazone groups is 1. The number of aromatic nitrogens is 3. The molecule has 1 aliphatic heterocycles. The molecular weight excluding hydrogens is 282 g/mol. The van der Waals surface area contributed by atoms with Gasteiger partial charge in [-0.1, -0.05) is 0 Å². The molecule has 0 unspecified atom stereocenters. The van der Waals surface area contributed by atoms with Gasteiger partial charge in [-0.15, -0.1) is 5.10 Å². The van der Waals surface area contributed by atoms with Crippen LogP contribution in [0, 0.1) is 0 Å². The Morgan fingerprint density at radius 2 is 2.14 bits per heavy atom. The maximum atomic E-state index is 11.1. The van der Waals surface area contributed by atoms with E-state index >= 15 is 0 Å². The summed E-state index contributed by atoms with van der Waals surface area (Å²) in [6.07, 6.45) is 4.99. The maximum absolute atomic E-state index is 11.1. The number of carbonyl (C=O) groups is 1. The van der Waals surface area contributed by atoms with Gasteiger partial charge in [0.2, 0.25) is 5.90 Å². The van der Waals surface area contributed by atoms with Gasteiger partial charge >= 0.3 is 0 Å². The standard InChI is InChI=1S/C15H11N5O2/c21-14-8-22-15(20-19-14)9-1-2-11-10(5-9)6-12(18-11)13-7-16-3-4-17-13/h1-7,18H,8H2,(H,19,21). The SMILES string of the molecule is O=C1COC(c2ccc3[nH]c(-c4cnccn4)cc3c2)=NN1. The number of hydrogen-bond donors (Lipinski definition) is 2. The van der Waals surface area contributed by atoms with Gasteiger partial charge < -0.3 is 9.72 Å². The van der Waals surface area contributed by atoms with E-state index in [1.54, 1.807) is 18.6 Å². The van der Waals surface area contributed by atoms with Crippen molar-refractivity contribution in [3.63, 3.8) is 0 Å². The first-order chi connectivity index (χ1) is 10.8. The highest BCUT2D eigenvalue weighted by atomic mass is 16.5. The van der Waals surface area contributed by atoms with Gasteiger partial charge in [-0.3, -0.25) is 14.8 Å². The average Bonchev–Trinajstić information content (AvgIpc) is 2.99. The monoisotopic (exact) mass is 293 g/mol. The molecule has 4 rings (SSSR count). The van der Waals surface area contributed by atoms with Gasteiger partial charge in [0.25, 0.3) is 5.91 Å². The number of benzene rings is 1. The molecular formula is C15H11N5O2. The number of aromatic amines is 1. The molecule has 22 heavy (non-hydrogen) atoms. The third-order valence-corrected chi connectivity index (χ3v) is 3.33. The first-order valence-electron chi connectivity index (χ1n) is 6.68. The fourth-order valence-electron chi connectivity index (χ4n) is 2.30. The van der Waals surface area contributed by atoms with Crippen LogP contribution in [0.3, 0.4) is 0 Å². The molecule has 0 aliphatic carbocycles. The quantitative estimate of drug-likeness (QED) is 0.747. The van der Waals surface area contributed by atoms with Gasteiger partial charge in [0.05, 0.1) is 11.9 Å². The molecule has 0 atom stereocenters. The molecule has 0 saturated heterocycles. The summed E-state index contributed by atoms with van der Waals surface area (Å²) >= 11 is 0. The van der Waals surface area contributed by atoms with E-state index in [4.69, 9.17) is 4.74 Å². The number of carbonyl (C=O) groups excluding carboxylic acids is 1. The summed E-state index contributed by atoms with van der Waals surface area (Å²) in [6.45, 7) is -0.0190. The van der Waals surface area contributed by atoms with Crippen molar-refractivity contribution in [3.05, 3.63) is 48.4 Å². The summed E-state index contributed by atoms with van der Waals surface area (Å²) in [6, 6.07) is 7.76. The topological polar surface area (TPSA) is 92.3 Å². The number of hydrogen-bond acceptors (Lipinski definition) is 5. The average molecular weight is 293 g/mol. The summed E-state index contributed by atoms with van der Waals surface area (Å²) in [5.41, 5.74) is 5.85. The summed E-state index contributed by atoms with van der Waals surface area (Å²) in [5, 5.41) is 4.92. The van der Waals surface area contributed by atoms with Crippen LogP contribution >= 0.6 is 0 Å². The predicted molar refractivity (Wildman–Crippen MR) is 80.0 cm³/mol. The Balaban J connectivity index is 1.74. The maximum Gasteiger partial charge on any atom is 0.278 e. The molecule has 1 aliphatic rings. The molecule has 2 aromatic heterocycles. The third-order valence-electron chi connectivity index (χ3n) is 3.33. The molecule has 0 radical (unpaired) electrons. The van der Waals surface area contributed by atoms with Crippen molar-refractivity contribution >= 4 is 22.7 Å². The molecule has 3 aromatic rings. The van der Waals surface area contributed by atoms with Crippen molar-refractivity contribution in [1.29, 1.82) is 0 Å². The molecule has 7 heteroatoms. The number of H-pyrrole nitrogens is 1. The van der Waals surface area contributed by atoms with Gasteiger partial charge in [0.15, 0.2) is 6.61 Å². The van der Waals surface area contributed by atoms with Crippen LogP contribution in [-0.4, -0.2) is 33.4 Å². The number of fused-ring (bicyclic) bond motifs is 1. The first kappa shape index (κ1) is 12.5. The Hall–Kier alpha value is -3.22. The second-order valence-electron chi connectivity index (χ2n) is 4.82. The van der Waals surface area contributed by atoms with Gasteiger partial charge in [0.1, 0.15) is 5.69 Å². The molecule has 7 nitrogen and oxygen atoms in total. The van der Waals surface area contributed by atoms with E-state index in [0.29, 0.717) is 5.90 Å². The lowest BCUT2D eigenvalue weighted by molar-refractivity contribution is -0.124. The van der Waals surface area contributed by atoms with E-state index in [9.17, 15) is 4.79 Å².